The molecule has 18 heavy (non-hydrogen) atoms. The van der Waals surface area contributed by atoms with Crippen LogP contribution in [0, 0.1) is 0 Å². The van der Waals surface area contributed by atoms with Crippen molar-refractivity contribution in [3.05, 3.63) is 35.4 Å². The molecule has 1 aromatic rings. The van der Waals surface area contributed by atoms with E-state index in [-0.39, 0.29) is 12.0 Å². The van der Waals surface area contributed by atoms with Gasteiger partial charge in [-0.2, -0.15) is 0 Å². The first-order chi connectivity index (χ1) is 8.60. The molecule has 1 atom stereocenters. The van der Waals surface area contributed by atoms with Crippen molar-refractivity contribution in [1.29, 1.82) is 0 Å². The molecule has 1 aromatic carbocycles. The summed E-state index contributed by atoms with van der Waals surface area (Å²) in [6, 6.07) is 7.98. The molecule has 98 valence electrons. The minimum absolute atomic E-state index is 0.152. The fourth-order valence-electron chi connectivity index (χ4n) is 2.47. The number of fused-ring (bicyclic) bond motifs is 1. The normalized spacial score (nSPS) is 22.7. The fourth-order valence-corrected chi connectivity index (χ4v) is 2.47. The Morgan fingerprint density at radius 1 is 1.44 bits per heavy atom. The fraction of sp³-hybridized carbons (Fsp3) is 0.500. The molecule has 1 N–H and O–H groups in total. The molecule has 2 rings (SSSR count). The summed E-state index contributed by atoms with van der Waals surface area (Å²) in [6.07, 6.45) is 0. The molecule has 0 bridgehead atoms. The van der Waals surface area contributed by atoms with Crippen molar-refractivity contribution in [2.45, 2.75) is 32.0 Å². The van der Waals surface area contributed by atoms with Crippen molar-refractivity contribution < 1.29 is 14.3 Å². The lowest BCUT2D eigenvalue weighted by molar-refractivity contribution is -0.154. The van der Waals surface area contributed by atoms with Crippen LogP contribution in [-0.2, 0) is 26.4 Å². The van der Waals surface area contributed by atoms with Gasteiger partial charge in [-0.05, 0) is 25.0 Å². The van der Waals surface area contributed by atoms with Gasteiger partial charge in [-0.25, -0.2) is 4.79 Å². The van der Waals surface area contributed by atoms with Gasteiger partial charge in [-0.3, -0.25) is 5.32 Å². The number of carbonyl (C=O) groups excluding carboxylic acids is 1. The summed E-state index contributed by atoms with van der Waals surface area (Å²) in [6.45, 7) is 4.84. The Bertz CT molecular complexity index is 444. The van der Waals surface area contributed by atoms with E-state index in [1.165, 1.54) is 7.11 Å². The van der Waals surface area contributed by atoms with E-state index in [0.29, 0.717) is 13.2 Å². The number of hydrogen-bond acceptors (Lipinski definition) is 4. The molecule has 4 nitrogen and oxygen atoms in total. The SMILES string of the molecule is COC(=O)C1(NC(C)C)COCc2ccccc21. The number of nitrogens with one attached hydrogen (secondary N) is 1. The van der Waals surface area contributed by atoms with Crippen LogP contribution in [0.5, 0.6) is 0 Å². The summed E-state index contributed by atoms with van der Waals surface area (Å²) >= 11 is 0. The third-order valence-electron chi connectivity index (χ3n) is 3.12. The van der Waals surface area contributed by atoms with E-state index in [0.717, 1.165) is 11.1 Å². The van der Waals surface area contributed by atoms with Gasteiger partial charge in [0.2, 0.25) is 0 Å². The molecule has 4 heteroatoms. The molecule has 0 saturated carbocycles. The molecule has 0 aromatic heterocycles. The van der Waals surface area contributed by atoms with E-state index < -0.39 is 5.54 Å². The maximum atomic E-state index is 12.2. The first-order valence-electron chi connectivity index (χ1n) is 6.12. The van der Waals surface area contributed by atoms with Crippen molar-refractivity contribution in [3.8, 4) is 0 Å². The summed E-state index contributed by atoms with van der Waals surface area (Å²) in [5.74, 6) is -0.302. The van der Waals surface area contributed by atoms with Crippen molar-refractivity contribution in [2.24, 2.45) is 0 Å². The largest absolute Gasteiger partial charge is 0.467 e. The first-order valence-corrected chi connectivity index (χ1v) is 6.12. The van der Waals surface area contributed by atoms with Crippen LogP contribution >= 0.6 is 0 Å². The van der Waals surface area contributed by atoms with Crippen LogP contribution in [0.3, 0.4) is 0 Å². The molecule has 1 aliphatic rings. The topological polar surface area (TPSA) is 47.6 Å². The number of esters is 1. The maximum Gasteiger partial charge on any atom is 0.333 e. The molecule has 0 aliphatic carbocycles. The zero-order valence-corrected chi connectivity index (χ0v) is 11.0. The molecule has 0 amide bonds. The highest BCUT2D eigenvalue weighted by molar-refractivity contribution is 5.83. The van der Waals surface area contributed by atoms with Crippen molar-refractivity contribution in [1.82, 2.24) is 5.32 Å². The monoisotopic (exact) mass is 249 g/mol. The lowest BCUT2D eigenvalue weighted by Gasteiger charge is -2.38. The number of benzene rings is 1. The van der Waals surface area contributed by atoms with Crippen molar-refractivity contribution in [2.75, 3.05) is 13.7 Å². The number of methoxy groups -OCH3 is 1. The van der Waals surface area contributed by atoms with E-state index in [4.69, 9.17) is 9.47 Å². The van der Waals surface area contributed by atoms with Gasteiger partial charge in [-0.1, -0.05) is 24.3 Å². The highest BCUT2D eigenvalue weighted by Gasteiger charge is 2.45. The van der Waals surface area contributed by atoms with Crippen LogP contribution in [0.1, 0.15) is 25.0 Å². The molecular formula is C14H19NO3. The molecule has 1 aliphatic heterocycles. The number of hydrogen-bond donors (Lipinski definition) is 1. The van der Waals surface area contributed by atoms with Gasteiger partial charge in [-0.15, -0.1) is 0 Å². The van der Waals surface area contributed by atoms with Gasteiger partial charge in [0.1, 0.15) is 0 Å². The predicted octanol–water partition coefficient (Wildman–Crippen LogP) is 1.58. The lowest BCUT2D eigenvalue weighted by atomic mass is 9.84. The van der Waals surface area contributed by atoms with Gasteiger partial charge >= 0.3 is 5.97 Å². The maximum absolute atomic E-state index is 12.2. The Balaban J connectivity index is 2.51. The molecule has 0 radical (unpaired) electrons. The smallest absolute Gasteiger partial charge is 0.333 e. The van der Waals surface area contributed by atoms with E-state index >= 15 is 0 Å². The first kappa shape index (κ1) is 13.1. The minimum atomic E-state index is -0.891. The van der Waals surface area contributed by atoms with Crippen LogP contribution in [0.4, 0.5) is 0 Å². The quantitative estimate of drug-likeness (QED) is 0.826. The highest BCUT2D eigenvalue weighted by atomic mass is 16.5. The standard InChI is InChI=1S/C14H19NO3/c1-10(2)15-14(13(16)17-3)9-18-8-11-6-4-5-7-12(11)14/h4-7,10,15H,8-9H2,1-3H3. The molecule has 1 unspecified atom stereocenters. The summed E-state index contributed by atoms with van der Waals surface area (Å²) in [4.78, 5) is 12.2. The van der Waals surface area contributed by atoms with Crippen LogP contribution < -0.4 is 5.32 Å². The molecule has 0 fully saturated rings. The second-order valence-electron chi connectivity index (χ2n) is 4.85. The van der Waals surface area contributed by atoms with Crippen LogP contribution in [-0.4, -0.2) is 25.7 Å². The molecule has 0 spiro atoms. The number of rotatable bonds is 3. The average Bonchev–Trinajstić information content (AvgIpc) is 2.37. The van der Waals surface area contributed by atoms with E-state index in [1.807, 2.05) is 38.1 Å². The molecule has 1 heterocycles. The zero-order valence-electron chi connectivity index (χ0n) is 11.0. The van der Waals surface area contributed by atoms with Gasteiger partial charge in [0.25, 0.3) is 0 Å². The summed E-state index contributed by atoms with van der Waals surface area (Å²) in [7, 11) is 1.41. The van der Waals surface area contributed by atoms with Crippen molar-refractivity contribution in [3.63, 3.8) is 0 Å². The van der Waals surface area contributed by atoms with Crippen LogP contribution in [0.2, 0.25) is 0 Å². The van der Waals surface area contributed by atoms with Gasteiger partial charge in [0, 0.05) is 6.04 Å². The second kappa shape index (κ2) is 5.08. The third-order valence-corrected chi connectivity index (χ3v) is 3.12. The zero-order chi connectivity index (χ0) is 13.2. The summed E-state index contributed by atoms with van der Waals surface area (Å²) in [5, 5.41) is 3.30. The second-order valence-corrected chi connectivity index (χ2v) is 4.85. The highest BCUT2D eigenvalue weighted by Crippen LogP contribution is 2.32. The van der Waals surface area contributed by atoms with E-state index in [2.05, 4.69) is 5.32 Å². The van der Waals surface area contributed by atoms with Crippen molar-refractivity contribution >= 4 is 5.97 Å². The number of ether oxygens (including phenoxy) is 2. The van der Waals surface area contributed by atoms with Gasteiger partial charge < -0.3 is 9.47 Å². The van der Waals surface area contributed by atoms with Gasteiger partial charge in [0.15, 0.2) is 5.54 Å². The lowest BCUT2D eigenvalue weighted by Crippen LogP contribution is -2.57. The number of carbonyl (C=O) groups is 1. The Morgan fingerprint density at radius 2 is 2.17 bits per heavy atom. The average molecular weight is 249 g/mol. The Morgan fingerprint density at radius 3 is 2.83 bits per heavy atom. The molecular weight excluding hydrogens is 230 g/mol. The summed E-state index contributed by atoms with van der Waals surface area (Å²) in [5.41, 5.74) is 1.09. The third kappa shape index (κ3) is 2.13. The van der Waals surface area contributed by atoms with Gasteiger partial charge in [0.05, 0.1) is 20.3 Å². The van der Waals surface area contributed by atoms with E-state index in [9.17, 15) is 4.79 Å². The van der Waals surface area contributed by atoms with Crippen LogP contribution in [0.25, 0.3) is 0 Å². The van der Waals surface area contributed by atoms with E-state index in [1.54, 1.807) is 0 Å². The minimum Gasteiger partial charge on any atom is -0.467 e. The Labute approximate surface area is 107 Å². The summed E-state index contributed by atoms with van der Waals surface area (Å²) < 4.78 is 10.5. The van der Waals surface area contributed by atoms with Crippen LogP contribution in [0.15, 0.2) is 24.3 Å². The molecule has 0 saturated heterocycles. The Hall–Kier alpha value is -1.39. The Kier molecular flexibility index (Phi) is 3.68. The predicted molar refractivity (Wildman–Crippen MR) is 68.1 cm³/mol.